The van der Waals surface area contributed by atoms with Gasteiger partial charge in [-0.2, -0.15) is 0 Å². The Bertz CT molecular complexity index is 841. The first-order valence-corrected chi connectivity index (χ1v) is 10.8. The highest BCUT2D eigenvalue weighted by atomic mass is 35.5. The first kappa shape index (κ1) is 20.0. The topological polar surface area (TPSA) is 79.4 Å². The number of nitrogens with one attached hydrogen (secondary N) is 1. The van der Waals surface area contributed by atoms with E-state index >= 15 is 0 Å². The number of hydrogen-bond acceptors (Lipinski definition) is 6. The van der Waals surface area contributed by atoms with Gasteiger partial charge in [-0.05, 0) is 31.9 Å². The molecule has 0 atom stereocenters. The zero-order chi connectivity index (χ0) is 19.4. The minimum absolute atomic E-state index is 0.0406. The highest BCUT2D eigenvalue weighted by Crippen LogP contribution is 2.24. The number of halogens is 1. The molecule has 2 aromatic heterocycles. The Balaban J connectivity index is 1.42. The number of aromatic nitrogens is 1. The number of carbonyl (C=O) groups excluding carboxylic acids is 3. The summed E-state index contributed by atoms with van der Waals surface area (Å²) in [6.45, 7) is 2.95. The predicted octanol–water partition coefficient (Wildman–Crippen LogP) is 4.01. The molecule has 0 saturated carbocycles. The maximum Gasteiger partial charge on any atom is 0.229 e. The molecule has 0 bridgehead atoms. The second-order valence-corrected chi connectivity index (χ2v) is 9.04. The molecule has 9 heteroatoms. The molecule has 1 aliphatic heterocycles. The number of carbonyl (C=O) groups is 3. The van der Waals surface area contributed by atoms with Gasteiger partial charge in [-0.1, -0.05) is 11.6 Å². The lowest BCUT2D eigenvalue weighted by Gasteiger charge is -2.31. The van der Waals surface area contributed by atoms with Crippen LogP contribution in [0.4, 0.5) is 5.13 Å². The fraction of sp³-hybridized carbons (Fsp3) is 0.444. The van der Waals surface area contributed by atoms with Crippen LogP contribution in [0.5, 0.6) is 0 Å². The van der Waals surface area contributed by atoms with Crippen LogP contribution in [-0.4, -0.2) is 40.6 Å². The molecule has 6 nitrogen and oxygen atoms in total. The molecule has 3 heterocycles. The van der Waals surface area contributed by atoms with Crippen molar-refractivity contribution >= 4 is 57.0 Å². The molecule has 1 N–H and O–H groups in total. The Morgan fingerprint density at radius 3 is 2.59 bits per heavy atom. The standard InChI is InChI=1S/C18H20ClN3O3S2/c1-11-10-26-18(20-11)21-17(25)12-6-8-22(9-7-12)16(24)5-2-13(23)14-3-4-15(19)27-14/h3-4,10,12H,2,5-9H2,1H3,(H,20,21,25). The Hall–Kier alpha value is -1.77. The van der Waals surface area contributed by atoms with Gasteiger partial charge in [0.15, 0.2) is 10.9 Å². The van der Waals surface area contributed by atoms with Crippen molar-refractivity contribution in [2.45, 2.75) is 32.6 Å². The smallest absolute Gasteiger partial charge is 0.229 e. The largest absolute Gasteiger partial charge is 0.343 e. The number of aryl methyl sites for hydroxylation is 1. The van der Waals surface area contributed by atoms with Crippen LogP contribution in [0.15, 0.2) is 17.5 Å². The SMILES string of the molecule is Cc1csc(NC(=O)C2CCN(C(=O)CCC(=O)c3ccc(Cl)s3)CC2)n1. The zero-order valence-electron chi connectivity index (χ0n) is 14.9. The molecule has 2 aromatic rings. The molecule has 3 rings (SSSR count). The highest BCUT2D eigenvalue weighted by molar-refractivity contribution is 7.18. The average Bonchev–Trinajstić information content (AvgIpc) is 3.27. The van der Waals surface area contributed by atoms with Crippen LogP contribution in [-0.2, 0) is 9.59 Å². The van der Waals surface area contributed by atoms with Crippen molar-refractivity contribution in [3.63, 3.8) is 0 Å². The number of rotatable bonds is 6. The monoisotopic (exact) mass is 425 g/mol. The van der Waals surface area contributed by atoms with Gasteiger partial charge in [-0.15, -0.1) is 22.7 Å². The van der Waals surface area contributed by atoms with Crippen molar-refractivity contribution in [3.8, 4) is 0 Å². The number of amides is 2. The minimum atomic E-state index is -0.117. The van der Waals surface area contributed by atoms with Gasteiger partial charge in [0, 0.05) is 37.2 Å². The summed E-state index contributed by atoms with van der Waals surface area (Å²) >= 11 is 8.48. The lowest BCUT2D eigenvalue weighted by Crippen LogP contribution is -2.41. The Morgan fingerprint density at radius 1 is 1.26 bits per heavy atom. The van der Waals surface area contributed by atoms with E-state index in [4.69, 9.17) is 11.6 Å². The fourth-order valence-corrected chi connectivity index (χ4v) is 4.68. The summed E-state index contributed by atoms with van der Waals surface area (Å²) in [5.41, 5.74) is 0.884. The number of hydrogen-bond donors (Lipinski definition) is 1. The summed E-state index contributed by atoms with van der Waals surface area (Å²) in [6.07, 6.45) is 1.61. The van der Waals surface area contributed by atoms with Crippen molar-refractivity contribution in [1.29, 1.82) is 0 Å². The lowest BCUT2D eigenvalue weighted by molar-refractivity contribution is -0.134. The normalized spacial score (nSPS) is 15.0. The van der Waals surface area contributed by atoms with E-state index < -0.39 is 0 Å². The van der Waals surface area contributed by atoms with Gasteiger partial charge in [0.2, 0.25) is 11.8 Å². The molecule has 0 aromatic carbocycles. The number of Topliss-reactive ketones (excluding diaryl/α,β-unsaturated/α-hetero) is 1. The molecule has 144 valence electrons. The van der Waals surface area contributed by atoms with Crippen LogP contribution >= 0.6 is 34.3 Å². The molecule has 0 aliphatic carbocycles. The summed E-state index contributed by atoms with van der Waals surface area (Å²) < 4.78 is 0.568. The summed E-state index contributed by atoms with van der Waals surface area (Å²) in [5, 5.41) is 5.35. The lowest BCUT2D eigenvalue weighted by atomic mass is 9.95. The number of ketones is 1. The van der Waals surface area contributed by atoms with Gasteiger partial charge in [-0.25, -0.2) is 4.98 Å². The second-order valence-electron chi connectivity index (χ2n) is 6.47. The van der Waals surface area contributed by atoms with Crippen molar-refractivity contribution in [2.75, 3.05) is 18.4 Å². The summed E-state index contributed by atoms with van der Waals surface area (Å²) in [6, 6.07) is 3.37. The molecule has 0 radical (unpaired) electrons. The van der Waals surface area contributed by atoms with Crippen LogP contribution < -0.4 is 5.32 Å². The first-order chi connectivity index (χ1) is 12.9. The third kappa shape index (κ3) is 5.37. The van der Waals surface area contributed by atoms with Crippen molar-refractivity contribution in [2.24, 2.45) is 5.92 Å². The maximum atomic E-state index is 12.4. The van der Waals surface area contributed by atoms with E-state index in [1.165, 1.54) is 22.7 Å². The van der Waals surface area contributed by atoms with Crippen LogP contribution in [0.25, 0.3) is 0 Å². The minimum Gasteiger partial charge on any atom is -0.343 e. The first-order valence-electron chi connectivity index (χ1n) is 8.71. The van der Waals surface area contributed by atoms with Crippen LogP contribution in [0, 0.1) is 12.8 Å². The van der Waals surface area contributed by atoms with E-state index in [2.05, 4.69) is 10.3 Å². The molecule has 1 fully saturated rings. The van der Waals surface area contributed by atoms with Crippen LogP contribution in [0.1, 0.15) is 41.0 Å². The molecule has 27 heavy (non-hydrogen) atoms. The van der Waals surface area contributed by atoms with E-state index in [1.807, 2.05) is 12.3 Å². The number of nitrogens with zero attached hydrogens (tertiary/aromatic N) is 2. The van der Waals surface area contributed by atoms with Gasteiger partial charge in [0.1, 0.15) is 0 Å². The van der Waals surface area contributed by atoms with Crippen LogP contribution in [0.2, 0.25) is 4.34 Å². The molecular formula is C18H20ClN3O3S2. The number of likely N-dealkylation sites (tertiary alicyclic amines) is 1. The summed E-state index contributed by atoms with van der Waals surface area (Å²) in [4.78, 5) is 43.3. The summed E-state index contributed by atoms with van der Waals surface area (Å²) in [7, 11) is 0. The number of anilines is 1. The molecule has 0 unspecified atom stereocenters. The van der Waals surface area contributed by atoms with E-state index in [9.17, 15) is 14.4 Å². The number of thiazole rings is 1. The molecular weight excluding hydrogens is 406 g/mol. The number of piperidine rings is 1. The molecule has 1 aliphatic rings. The van der Waals surface area contributed by atoms with E-state index in [0.29, 0.717) is 40.3 Å². The van der Waals surface area contributed by atoms with Gasteiger partial charge in [-0.3, -0.25) is 14.4 Å². The quantitative estimate of drug-likeness (QED) is 0.709. The maximum absolute atomic E-state index is 12.4. The van der Waals surface area contributed by atoms with E-state index in [0.717, 1.165) is 5.69 Å². The Morgan fingerprint density at radius 2 is 2.00 bits per heavy atom. The van der Waals surface area contributed by atoms with Gasteiger partial charge < -0.3 is 10.2 Å². The van der Waals surface area contributed by atoms with E-state index in [1.54, 1.807) is 17.0 Å². The van der Waals surface area contributed by atoms with Crippen molar-refractivity contribution in [3.05, 3.63) is 32.4 Å². The van der Waals surface area contributed by atoms with Crippen LogP contribution in [0.3, 0.4) is 0 Å². The second kappa shape index (κ2) is 8.95. The number of thiophene rings is 1. The zero-order valence-corrected chi connectivity index (χ0v) is 17.3. The van der Waals surface area contributed by atoms with Gasteiger partial charge in [0.05, 0.1) is 14.9 Å². The van der Waals surface area contributed by atoms with Crippen molar-refractivity contribution < 1.29 is 14.4 Å². The van der Waals surface area contributed by atoms with Gasteiger partial charge >= 0.3 is 0 Å². The molecule has 1 saturated heterocycles. The third-order valence-corrected chi connectivity index (χ3v) is 6.63. The Labute approximate surface area is 170 Å². The average molecular weight is 426 g/mol. The fourth-order valence-electron chi connectivity index (χ4n) is 2.98. The third-order valence-electron chi connectivity index (χ3n) is 4.48. The predicted molar refractivity (Wildman–Crippen MR) is 108 cm³/mol. The Kier molecular flexibility index (Phi) is 6.62. The molecule has 0 spiro atoms. The highest BCUT2D eigenvalue weighted by Gasteiger charge is 2.28. The van der Waals surface area contributed by atoms with Crippen molar-refractivity contribution in [1.82, 2.24) is 9.88 Å². The molecule has 2 amide bonds. The summed E-state index contributed by atoms with van der Waals surface area (Å²) in [5.74, 6) is -0.261. The van der Waals surface area contributed by atoms with Gasteiger partial charge in [0.25, 0.3) is 0 Å². The van der Waals surface area contributed by atoms with E-state index in [-0.39, 0.29) is 36.4 Å².